The molecule has 0 radical (unpaired) electrons. The fraction of sp³-hybridized carbons (Fsp3) is 0.240. The number of halogens is 1. The molecule has 4 rings (SSSR count). The van der Waals surface area contributed by atoms with Crippen LogP contribution >= 0.6 is 0 Å². The van der Waals surface area contributed by atoms with Crippen molar-refractivity contribution < 1.29 is 14.0 Å². The Kier molecular flexibility index (Phi) is 5.80. The van der Waals surface area contributed by atoms with Crippen molar-refractivity contribution in [2.75, 3.05) is 20.1 Å². The number of nitrogens with one attached hydrogen (secondary N) is 1. The predicted molar refractivity (Wildman–Crippen MR) is 117 cm³/mol. The minimum absolute atomic E-state index is 0.0911. The Balaban J connectivity index is 1.64. The molecule has 2 heterocycles. The summed E-state index contributed by atoms with van der Waals surface area (Å²) in [5.41, 5.74) is 2.66. The lowest BCUT2D eigenvalue weighted by Crippen LogP contribution is -2.44. The number of hydrogen-bond acceptors (Lipinski definition) is 3. The average molecular weight is 417 g/mol. The zero-order valence-electron chi connectivity index (χ0n) is 17.3. The number of likely N-dealkylation sites (tertiary alicyclic amines) is 1. The van der Waals surface area contributed by atoms with E-state index in [1.165, 1.54) is 18.2 Å². The van der Waals surface area contributed by atoms with Crippen LogP contribution in [0.4, 0.5) is 4.39 Å². The molecule has 0 saturated carbocycles. The molecular formula is C25H24FN3O2. The van der Waals surface area contributed by atoms with Gasteiger partial charge in [0, 0.05) is 38.1 Å². The molecule has 31 heavy (non-hydrogen) atoms. The maximum Gasteiger partial charge on any atom is 0.253 e. The summed E-state index contributed by atoms with van der Waals surface area (Å²) in [6, 6.07) is 17.6. The van der Waals surface area contributed by atoms with Crippen molar-refractivity contribution in [2.24, 2.45) is 5.41 Å². The van der Waals surface area contributed by atoms with Crippen LogP contribution in [0.25, 0.3) is 11.1 Å². The molecule has 2 amide bonds. The van der Waals surface area contributed by atoms with E-state index in [4.69, 9.17) is 0 Å². The van der Waals surface area contributed by atoms with Crippen LogP contribution in [0, 0.1) is 11.2 Å². The number of nitrogens with zero attached hydrogens (tertiary/aromatic N) is 2. The van der Waals surface area contributed by atoms with Gasteiger partial charge in [-0.25, -0.2) is 4.39 Å². The van der Waals surface area contributed by atoms with Crippen LogP contribution in [0.1, 0.15) is 22.3 Å². The smallest absolute Gasteiger partial charge is 0.253 e. The van der Waals surface area contributed by atoms with Gasteiger partial charge in [-0.1, -0.05) is 30.3 Å². The molecule has 3 aromatic rings. The predicted octanol–water partition coefficient (Wildman–Crippen LogP) is 3.71. The summed E-state index contributed by atoms with van der Waals surface area (Å²) < 4.78 is 13.6. The summed E-state index contributed by atoms with van der Waals surface area (Å²) >= 11 is 0. The SMILES string of the molecule is CNC(=O)[C@@]1(Cc2ccccc2-c2ccncc2)CCN(C(=O)c2cccc(F)c2)C1. The second kappa shape index (κ2) is 8.68. The Morgan fingerprint density at radius 2 is 1.87 bits per heavy atom. The Morgan fingerprint density at radius 3 is 2.61 bits per heavy atom. The van der Waals surface area contributed by atoms with Gasteiger partial charge in [-0.2, -0.15) is 0 Å². The van der Waals surface area contributed by atoms with Crippen molar-refractivity contribution in [3.8, 4) is 11.1 Å². The maximum atomic E-state index is 13.6. The van der Waals surface area contributed by atoms with Gasteiger partial charge in [0.2, 0.25) is 5.91 Å². The van der Waals surface area contributed by atoms with Gasteiger partial charge in [-0.15, -0.1) is 0 Å². The molecule has 1 aliphatic heterocycles. The number of rotatable bonds is 5. The largest absolute Gasteiger partial charge is 0.359 e. The highest BCUT2D eigenvalue weighted by Gasteiger charge is 2.46. The molecule has 1 N–H and O–H groups in total. The molecule has 0 spiro atoms. The summed E-state index contributed by atoms with van der Waals surface area (Å²) in [5.74, 6) is -0.798. The summed E-state index contributed by atoms with van der Waals surface area (Å²) in [4.78, 5) is 31.7. The van der Waals surface area contributed by atoms with E-state index in [9.17, 15) is 14.0 Å². The Morgan fingerprint density at radius 1 is 1.10 bits per heavy atom. The average Bonchev–Trinajstić information content (AvgIpc) is 3.24. The van der Waals surface area contributed by atoms with Crippen molar-refractivity contribution in [1.29, 1.82) is 0 Å². The Bertz CT molecular complexity index is 1100. The van der Waals surface area contributed by atoms with Crippen molar-refractivity contribution in [2.45, 2.75) is 12.8 Å². The Hall–Kier alpha value is -3.54. The first-order valence-corrected chi connectivity index (χ1v) is 10.3. The third-order valence-electron chi connectivity index (χ3n) is 5.96. The van der Waals surface area contributed by atoms with E-state index in [0.29, 0.717) is 24.9 Å². The number of pyridine rings is 1. The lowest BCUT2D eigenvalue weighted by molar-refractivity contribution is -0.129. The van der Waals surface area contributed by atoms with Crippen LogP contribution in [0.5, 0.6) is 0 Å². The lowest BCUT2D eigenvalue weighted by atomic mass is 9.78. The Labute approximate surface area is 180 Å². The third kappa shape index (κ3) is 4.19. The van der Waals surface area contributed by atoms with Gasteiger partial charge in [0.1, 0.15) is 5.82 Å². The number of aromatic nitrogens is 1. The van der Waals surface area contributed by atoms with Crippen molar-refractivity contribution in [3.05, 3.63) is 90.0 Å². The highest BCUT2D eigenvalue weighted by Crippen LogP contribution is 2.38. The van der Waals surface area contributed by atoms with Crippen LogP contribution in [0.2, 0.25) is 0 Å². The second-order valence-corrected chi connectivity index (χ2v) is 7.92. The molecule has 1 aliphatic rings. The van der Waals surface area contributed by atoms with Crippen LogP contribution in [0.3, 0.4) is 0 Å². The standard InChI is InChI=1S/C25H24FN3O2/c1-27-24(31)25(11-14-29(17-25)23(30)19-6-4-7-21(26)15-19)16-20-5-2-3-8-22(20)18-9-12-28-13-10-18/h2-10,12-13,15H,11,14,16-17H2,1H3,(H,27,31)/t25-/m1/s1. The topological polar surface area (TPSA) is 62.3 Å². The highest BCUT2D eigenvalue weighted by molar-refractivity contribution is 5.95. The van der Waals surface area contributed by atoms with E-state index in [-0.39, 0.29) is 18.4 Å². The van der Waals surface area contributed by atoms with Crippen molar-refractivity contribution >= 4 is 11.8 Å². The molecule has 1 fully saturated rings. The van der Waals surface area contributed by atoms with Crippen LogP contribution in [-0.2, 0) is 11.2 Å². The quantitative estimate of drug-likeness (QED) is 0.689. The van der Waals surface area contributed by atoms with Crippen LogP contribution in [0.15, 0.2) is 73.1 Å². The van der Waals surface area contributed by atoms with E-state index < -0.39 is 11.2 Å². The minimum atomic E-state index is -0.749. The van der Waals surface area contributed by atoms with Gasteiger partial charge in [-0.3, -0.25) is 14.6 Å². The molecule has 0 bridgehead atoms. The van der Waals surface area contributed by atoms with Gasteiger partial charge in [0.25, 0.3) is 5.91 Å². The number of carbonyl (C=O) groups excluding carboxylic acids is 2. The van der Waals surface area contributed by atoms with Crippen molar-refractivity contribution in [3.63, 3.8) is 0 Å². The first-order valence-electron chi connectivity index (χ1n) is 10.3. The lowest BCUT2D eigenvalue weighted by Gasteiger charge is -2.28. The van der Waals surface area contributed by atoms with Gasteiger partial charge >= 0.3 is 0 Å². The van der Waals surface area contributed by atoms with E-state index in [1.807, 2.05) is 36.4 Å². The van der Waals surface area contributed by atoms with E-state index in [2.05, 4.69) is 10.3 Å². The first kappa shape index (κ1) is 20.7. The fourth-order valence-corrected chi connectivity index (χ4v) is 4.38. The summed E-state index contributed by atoms with van der Waals surface area (Å²) in [6.07, 6.45) is 4.53. The summed E-state index contributed by atoms with van der Waals surface area (Å²) in [6.45, 7) is 0.729. The molecular weight excluding hydrogens is 393 g/mol. The second-order valence-electron chi connectivity index (χ2n) is 7.92. The monoisotopic (exact) mass is 417 g/mol. The normalized spacial score (nSPS) is 18.1. The number of amides is 2. The molecule has 5 nitrogen and oxygen atoms in total. The zero-order valence-corrected chi connectivity index (χ0v) is 17.3. The highest BCUT2D eigenvalue weighted by atomic mass is 19.1. The molecule has 1 aromatic heterocycles. The van der Waals surface area contributed by atoms with Gasteiger partial charge in [-0.05, 0) is 59.9 Å². The summed E-state index contributed by atoms with van der Waals surface area (Å²) in [5, 5.41) is 2.79. The minimum Gasteiger partial charge on any atom is -0.359 e. The fourth-order valence-electron chi connectivity index (χ4n) is 4.38. The number of carbonyl (C=O) groups is 2. The zero-order chi connectivity index (χ0) is 21.8. The molecule has 1 saturated heterocycles. The molecule has 1 atom stereocenters. The van der Waals surface area contributed by atoms with Gasteiger partial charge < -0.3 is 10.2 Å². The number of benzene rings is 2. The molecule has 2 aromatic carbocycles. The molecule has 0 aliphatic carbocycles. The maximum absolute atomic E-state index is 13.6. The van der Waals surface area contributed by atoms with E-state index in [0.717, 1.165) is 16.7 Å². The van der Waals surface area contributed by atoms with Gasteiger partial charge in [0.05, 0.1) is 5.41 Å². The third-order valence-corrected chi connectivity index (χ3v) is 5.96. The van der Waals surface area contributed by atoms with E-state index >= 15 is 0 Å². The molecule has 6 heteroatoms. The first-order chi connectivity index (χ1) is 15.0. The number of hydrogen-bond donors (Lipinski definition) is 1. The van der Waals surface area contributed by atoms with Crippen LogP contribution < -0.4 is 5.32 Å². The van der Waals surface area contributed by atoms with E-state index in [1.54, 1.807) is 30.4 Å². The molecule has 158 valence electrons. The molecule has 0 unspecified atom stereocenters. The summed E-state index contributed by atoms with van der Waals surface area (Å²) in [7, 11) is 1.62. The van der Waals surface area contributed by atoms with Crippen LogP contribution in [-0.4, -0.2) is 41.8 Å². The van der Waals surface area contributed by atoms with Crippen molar-refractivity contribution in [1.82, 2.24) is 15.2 Å². The van der Waals surface area contributed by atoms with Gasteiger partial charge in [0.15, 0.2) is 0 Å².